The molecule has 1 aliphatic heterocycles. The van der Waals surface area contributed by atoms with Crippen LogP contribution in [0.4, 0.5) is 0 Å². The predicted molar refractivity (Wildman–Crippen MR) is 58.2 cm³/mol. The Morgan fingerprint density at radius 1 is 1.47 bits per heavy atom. The van der Waals surface area contributed by atoms with Crippen LogP contribution in [0.1, 0.15) is 40.0 Å². The minimum Gasteiger partial charge on any atom is -0.303 e. The molecule has 1 aliphatic rings. The van der Waals surface area contributed by atoms with Crippen molar-refractivity contribution < 1.29 is 9.59 Å². The van der Waals surface area contributed by atoms with Crippen LogP contribution in [-0.4, -0.2) is 23.9 Å². The summed E-state index contributed by atoms with van der Waals surface area (Å²) in [4.78, 5) is 22.2. The van der Waals surface area contributed by atoms with E-state index in [9.17, 15) is 9.59 Å². The fourth-order valence-corrected chi connectivity index (χ4v) is 1.87. The van der Waals surface area contributed by atoms with Crippen LogP contribution in [-0.2, 0) is 9.59 Å². The van der Waals surface area contributed by atoms with E-state index in [-0.39, 0.29) is 30.3 Å². The van der Waals surface area contributed by atoms with Crippen LogP contribution in [0.15, 0.2) is 0 Å². The Balaban J connectivity index is 2.34. The van der Waals surface area contributed by atoms with Crippen LogP contribution in [0.5, 0.6) is 0 Å². The number of nitrogens with one attached hydrogen (secondary N) is 2. The van der Waals surface area contributed by atoms with Gasteiger partial charge in [-0.1, -0.05) is 20.3 Å². The Morgan fingerprint density at radius 3 is 2.60 bits per heavy atom. The van der Waals surface area contributed by atoms with E-state index in [0.717, 1.165) is 12.8 Å². The lowest BCUT2D eigenvalue weighted by molar-refractivity contribution is -0.125. The number of imide groups is 1. The first-order chi connectivity index (χ1) is 7.02. The molecule has 0 aliphatic carbocycles. The highest BCUT2D eigenvalue weighted by atomic mass is 16.2. The Bertz CT molecular complexity index is 253. The topological polar surface area (TPSA) is 58.2 Å². The molecular weight excluding hydrogens is 192 g/mol. The molecule has 2 N–H and O–H groups in total. The standard InChI is InChI=1S/C11H20N2O2/c1-4-7(2)5-8(3)12-9-6-10(14)13-11(9)15/h7-9,12H,4-6H2,1-3H3,(H,13,14,15). The number of rotatable bonds is 5. The predicted octanol–water partition coefficient (Wildman–Crippen LogP) is 0.816. The minimum absolute atomic E-state index is 0.173. The van der Waals surface area contributed by atoms with Gasteiger partial charge in [-0.05, 0) is 19.3 Å². The summed E-state index contributed by atoms with van der Waals surface area (Å²) in [5, 5.41) is 5.49. The second kappa shape index (κ2) is 5.26. The third kappa shape index (κ3) is 3.63. The maximum atomic E-state index is 11.3. The molecule has 0 aromatic carbocycles. The summed E-state index contributed by atoms with van der Waals surface area (Å²) in [6.07, 6.45) is 2.46. The third-order valence-electron chi connectivity index (χ3n) is 2.91. The van der Waals surface area contributed by atoms with Gasteiger partial charge >= 0.3 is 0 Å². The van der Waals surface area contributed by atoms with E-state index in [1.54, 1.807) is 0 Å². The second-order valence-corrected chi connectivity index (χ2v) is 4.49. The maximum Gasteiger partial charge on any atom is 0.244 e. The molecule has 0 spiro atoms. The van der Waals surface area contributed by atoms with E-state index in [4.69, 9.17) is 0 Å². The molecule has 3 unspecified atom stereocenters. The zero-order chi connectivity index (χ0) is 11.4. The maximum absolute atomic E-state index is 11.3. The molecule has 0 radical (unpaired) electrons. The van der Waals surface area contributed by atoms with Crippen molar-refractivity contribution in [3.8, 4) is 0 Å². The smallest absolute Gasteiger partial charge is 0.244 e. The zero-order valence-corrected chi connectivity index (χ0v) is 9.67. The van der Waals surface area contributed by atoms with Crippen molar-refractivity contribution in [2.75, 3.05) is 0 Å². The van der Waals surface area contributed by atoms with Gasteiger partial charge in [0, 0.05) is 6.04 Å². The summed E-state index contributed by atoms with van der Waals surface area (Å²) < 4.78 is 0. The Labute approximate surface area is 90.8 Å². The van der Waals surface area contributed by atoms with Crippen molar-refractivity contribution in [3.63, 3.8) is 0 Å². The monoisotopic (exact) mass is 212 g/mol. The lowest BCUT2D eigenvalue weighted by atomic mass is 10.00. The molecular formula is C11H20N2O2. The molecule has 1 saturated heterocycles. The number of hydrogen-bond donors (Lipinski definition) is 2. The summed E-state index contributed by atoms with van der Waals surface area (Å²) in [6, 6.07) is -0.0434. The number of carbonyl (C=O) groups is 2. The van der Waals surface area contributed by atoms with E-state index in [0.29, 0.717) is 5.92 Å². The molecule has 15 heavy (non-hydrogen) atoms. The van der Waals surface area contributed by atoms with Crippen LogP contribution < -0.4 is 10.6 Å². The molecule has 86 valence electrons. The molecule has 0 aromatic rings. The fraction of sp³-hybridized carbons (Fsp3) is 0.818. The largest absolute Gasteiger partial charge is 0.303 e. The van der Waals surface area contributed by atoms with Gasteiger partial charge in [0.05, 0.1) is 12.5 Å². The van der Waals surface area contributed by atoms with Crippen molar-refractivity contribution >= 4 is 11.8 Å². The lowest BCUT2D eigenvalue weighted by Gasteiger charge is -2.19. The van der Waals surface area contributed by atoms with Crippen LogP contribution in [0.25, 0.3) is 0 Å². The van der Waals surface area contributed by atoms with Gasteiger partial charge in [0.25, 0.3) is 0 Å². The third-order valence-corrected chi connectivity index (χ3v) is 2.91. The fourth-order valence-electron chi connectivity index (χ4n) is 1.87. The average molecular weight is 212 g/mol. The Morgan fingerprint density at radius 2 is 2.13 bits per heavy atom. The van der Waals surface area contributed by atoms with Crippen molar-refractivity contribution in [3.05, 3.63) is 0 Å². The molecule has 1 fully saturated rings. The van der Waals surface area contributed by atoms with Gasteiger partial charge in [-0.2, -0.15) is 0 Å². The lowest BCUT2D eigenvalue weighted by Crippen LogP contribution is -2.42. The van der Waals surface area contributed by atoms with E-state index >= 15 is 0 Å². The van der Waals surface area contributed by atoms with Crippen molar-refractivity contribution in [2.45, 2.75) is 52.1 Å². The molecule has 1 rings (SSSR count). The molecule has 0 saturated carbocycles. The molecule has 2 amide bonds. The first kappa shape index (κ1) is 12.2. The molecule has 0 aromatic heterocycles. The van der Waals surface area contributed by atoms with E-state index in [2.05, 4.69) is 31.4 Å². The van der Waals surface area contributed by atoms with Gasteiger partial charge < -0.3 is 5.32 Å². The first-order valence-electron chi connectivity index (χ1n) is 5.62. The van der Waals surface area contributed by atoms with Gasteiger partial charge in [0.2, 0.25) is 11.8 Å². The van der Waals surface area contributed by atoms with Crippen molar-refractivity contribution in [1.82, 2.24) is 10.6 Å². The van der Waals surface area contributed by atoms with Crippen molar-refractivity contribution in [2.24, 2.45) is 5.92 Å². The first-order valence-corrected chi connectivity index (χ1v) is 5.62. The zero-order valence-electron chi connectivity index (χ0n) is 9.67. The highest BCUT2D eigenvalue weighted by Gasteiger charge is 2.31. The van der Waals surface area contributed by atoms with Crippen LogP contribution in [0, 0.1) is 5.92 Å². The highest BCUT2D eigenvalue weighted by molar-refractivity contribution is 6.05. The average Bonchev–Trinajstić information content (AvgIpc) is 2.44. The summed E-state index contributed by atoms with van der Waals surface area (Å²) in [7, 11) is 0. The molecule has 4 nitrogen and oxygen atoms in total. The van der Waals surface area contributed by atoms with Gasteiger partial charge in [0.1, 0.15) is 0 Å². The Hall–Kier alpha value is -0.900. The number of hydrogen-bond acceptors (Lipinski definition) is 3. The van der Waals surface area contributed by atoms with Gasteiger partial charge in [0.15, 0.2) is 0 Å². The van der Waals surface area contributed by atoms with E-state index < -0.39 is 0 Å². The van der Waals surface area contributed by atoms with Gasteiger partial charge in [-0.15, -0.1) is 0 Å². The van der Waals surface area contributed by atoms with Crippen LogP contribution >= 0.6 is 0 Å². The quantitative estimate of drug-likeness (QED) is 0.663. The molecule has 0 bridgehead atoms. The van der Waals surface area contributed by atoms with E-state index in [1.807, 2.05) is 0 Å². The summed E-state index contributed by atoms with van der Waals surface area (Å²) in [6.45, 7) is 6.41. The highest BCUT2D eigenvalue weighted by Crippen LogP contribution is 2.11. The van der Waals surface area contributed by atoms with E-state index in [1.165, 1.54) is 0 Å². The normalized spacial score (nSPS) is 25.1. The SMILES string of the molecule is CCC(C)CC(C)NC1CC(=O)NC1=O. The van der Waals surface area contributed by atoms with Gasteiger partial charge in [-0.25, -0.2) is 0 Å². The summed E-state index contributed by atoms with van der Waals surface area (Å²) in [5.74, 6) is 0.289. The second-order valence-electron chi connectivity index (χ2n) is 4.49. The summed E-state index contributed by atoms with van der Waals surface area (Å²) >= 11 is 0. The molecule has 3 atom stereocenters. The molecule has 4 heteroatoms. The number of amides is 2. The molecule has 1 heterocycles. The van der Waals surface area contributed by atoms with Crippen molar-refractivity contribution in [1.29, 1.82) is 0 Å². The van der Waals surface area contributed by atoms with Crippen LogP contribution in [0.3, 0.4) is 0 Å². The summed E-state index contributed by atoms with van der Waals surface area (Å²) in [5.41, 5.74) is 0. The Kier molecular flexibility index (Phi) is 4.27. The number of carbonyl (C=O) groups excluding carboxylic acids is 2. The van der Waals surface area contributed by atoms with Crippen LogP contribution in [0.2, 0.25) is 0 Å². The minimum atomic E-state index is -0.323. The van der Waals surface area contributed by atoms with Gasteiger partial charge in [-0.3, -0.25) is 14.9 Å².